The number of nitrogens with zero attached hydrogens (tertiary/aromatic N) is 1. The van der Waals surface area contributed by atoms with Crippen molar-refractivity contribution in [2.75, 3.05) is 18.5 Å². The van der Waals surface area contributed by atoms with E-state index in [9.17, 15) is 19.2 Å². The monoisotopic (exact) mass is 644 g/mol. The van der Waals surface area contributed by atoms with Crippen molar-refractivity contribution in [2.24, 2.45) is 0 Å². The average molecular weight is 645 g/mol. The van der Waals surface area contributed by atoms with E-state index in [0.29, 0.717) is 25.0 Å². The molecule has 1 saturated heterocycles. The Labute approximate surface area is 216 Å². The molecule has 11 heteroatoms. The maximum atomic E-state index is 12.8. The lowest BCUT2D eigenvalue weighted by Crippen LogP contribution is -2.36. The molecule has 8 nitrogen and oxygen atoms in total. The number of halogens is 2. The molecule has 2 aromatic carbocycles. The quantitative estimate of drug-likeness (QED) is 0.329. The molecule has 1 fully saturated rings. The lowest BCUT2D eigenvalue weighted by Gasteiger charge is -2.13. The number of carboxylic acids is 1. The summed E-state index contributed by atoms with van der Waals surface area (Å²) in [6.07, 6.45) is 1.54. The molecular formula is C22H18BrIN2O6S. The SMILES string of the molecule is Cc1ccc(NC(=O)CN2C(=O)S/C(=C/c3cc(Br)c(OCC(=O)O)c(I)c3)C2=O)cc1C. The molecule has 1 heterocycles. The number of aliphatic carboxylic acids is 1. The number of aryl methyl sites for hydroxylation is 2. The molecule has 0 aliphatic carbocycles. The first-order valence-corrected chi connectivity index (χ1v) is 12.2. The van der Waals surface area contributed by atoms with Crippen molar-refractivity contribution in [2.45, 2.75) is 13.8 Å². The Kier molecular flexibility index (Phi) is 8.19. The topological polar surface area (TPSA) is 113 Å². The van der Waals surface area contributed by atoms with Crippen LogP contribution in [0.25, 0.3) is 6.08 Å². The minimum Gasteiger partial charge on any atom is -0.480 e. The highest BCUT2D eigenvalue weighted by molar-refractivity contribution is 14.1. The van der Waals surface area contributed by atoms with Crippen molar-refractivity contribution in [3.63, 3.8) is 0 Å². The van der Waals surface area contributed by atoms with Gasteiger partial charge in [0, 0.05) is 5.69 Å². The zero-order chi connectivity index (χ0) is 24.3. The van der Waals surface area contributed by atoms with Crippen molar-refractivity contribution in [1.82, 2.24) is 4.90 Å². The summed E-state index contributed by atoms with van der Waals surface area (Å²) in [6.45, 7) is 3.01. The van der Waals surface area contributed by atoms with Crippen LogP contribution in [0, 0.1) is 17.4 Å². The Hall–Kier alpha value is -2.38. The molecule has 1 aliphatic rings. The Balaban J connectivity index is 1.72. The largest absolute Gasteiger partial charge is 0.480 e. The van der Waals surface area contributed by atoms with E-state index in [0.717, 1.165) is 27.8 Å². The number of rotatable bonds is 7. The van der Waals surface area contributed by atoms with Gasteiger partial charge in [-0.1, -0.05) is 6.07 Å². The van der Waals surface area contributed by atoms with E-state index < -0.39 is 36.2 Å². The number of thioether (sulfide) groups is 1. The molecule has 1 aliphatic heterocycles. The van der Waals surface area contributed by atoms with Gasteiger partial charge in [0.2, 0.25) is 5.91 Å². The Bertz CT molecular complexity index is 1180. The highest BCUT2D eigenvalue weighted by Crippen LogP contribution is 2.36. The first-order valence-electron chi connectivity index (χ1n) is 9.51. The van der Waals surface area contributed by atoms with Gasteiger partial charge in [0.1, 0.15) is 12.3 Å². The Morgan fingerprint density at radius 2 is 1.94 bits per heavy atom. The van der Waals surface area contributed by atoms with Crippen LogP contribution in [0.4, 0.5) is 10.5 Å². The number of hydrogen-bond acceptors (Lipinski definition) is 6. The van der Waals surface area contributed by atoms with E-state index in [4.69, 9.17) is 9.84 Å². The van der Waals surface area contributed by atoms with Crippen LogP contribution in [0.2, 0.25) is 0 Å². The van der Waals surface area contributed by atoms with Crippen molar-refractivity contribution < 1.29 is 29.0 Å². The summed E-state index contributed by atoms with van der Waals surface area (Å²) in [5, 5.41) is 11.0. The van der Waals surface area contributed by atoms with Gasteiger partial charge in [-0.15, -0.1) is 0 Å². The third-order valence-corrected chi connectivity index (χ3v) is 6.92. The van der Waals surface area contributed by atoms with Gasteiger partial charge in [-0.25, -0.2) is 4.79 Å². The number of ether oxygens (including phenoxy) is 1. The second-order valence-corrected chi connectivity index (χ2v) is 10.1. The molecule has 0 bridgehead atoms. The van der Waals surface area contributed by atoms with Crippen LogP contribution in [-0.2, 0) is 14.4 Å². The second kappa shape index (κ2) is 10.7. The summed E-state index contributed by atoms with van der Waals surface area (Å²) in [4.78, 5) is 49.4. The van der Waals surface area contributed by atoms with Gasteiger partial charge in [0.05, 0.1) is 12.9 Å². The summed E-state index contributed by atoms with van der Waals surface area (Å²) in [6, 6.07) is 8.81. The molecule has 3 amide bonds. The molecule has 0 spiro atoms. The zero-order valence-corrected chi connectivity index (χ0v) is 22.0. The van der Waals surface area contributed by atoms with E-state index >= 15 is 0 Å². The number of imide groups is 1. The van der Waals surface area contributed by atoms with Crippen molar-refractivity contribution in [3.05, 3.63) is 60.0 Å². The zero-order valence-electron chi connectivity index (χ0n) is 17.5. The van der Waals surface area contributed by atoms with E-state index in [2.05, 4.69) is 21.2 Å². The third-order valence-electron chi connectivity index (χ3n) is 4.62. The predicted octanol–water partition coefficient (Wildman–Crippen LogP) is 4.81. The summed E-state index contributed by atoms with van der Waals surface area (Å²) in [5.41, 5.74) is 3.31. The molecule has 2 N–H and O–H groups in total. The Morgan fingerprint density at radius 3 is 2.58 bits per heavy atom. The molecule has 2 aromatic rings. The smallest absolute Gasteiger partial charge is 0.341 e. The number of amides is 3. The van der Waals surface area contributed by atoms with Gasteiger partial charge in [-0.3, -0.25) is 19.3 Å². The average Bonchev–Trinajstić information content (AvgIpc) is 2.97. The summed E-state index contributed by atoms with van der Waals surface area (Å²) in [5.74, 6) is -1.76. The molecule has 0 saturated carbocycles. The van der Waals surface area contributed by atoms with Gasteiger partial charge >= 0.3 is 5.97 Å². The van der Waals surface area contributed by atoms with Crippen LogP contribution in [0.1, 0.15) is 16.7 Å². The molecule has 0 radical (unpaired) electrons. The molecule has 172 valence electrons. The van der Waals surface area contributed by atoms with Crippen molar-refractivity contribution in [3.8, 4) is 5.75 Å². The highest BCUT2D eigenvalue weighted by Gasteiger charge is 2.36. The van der Waals surface area contributed by atoms with Crippen molar-refractivity contribution in [1.29, 1.82) is 0 Å². The summed E-state index contributed by atoms with van der Waals surface area (Å²) in [7, 11) is 0. The lowest BCUT2D eigenvalue weighted by atomic mass is 10.1. The van der Waals surface area contributed by atoms with Crippen LogP contribution < -0.4 is 10.1 Å². The van der Waals surface area contributed by atoms with Crippen molar-refractivity contribution >= 4 is 85.1 Å². The maximum Gasteiger partial charge on any atom is 0.341 e. The van der Waals surface area contributed by atoms with Crippen LogP contribution >= 0.6 is 50.3 Å². The third kappa shape index (κ3) is 6.36. The first kappa shape index (κ1) is 25.2. The second-order valence-electron chi connectivity index (χ2n) is 7.11. The number of carboxylic acid groups (broad SMARTS) is 1. The number of carbonyl (C=O) groups excluding carboxylic acids is 3. The number of benzene rings is 2. The van der Waals surface area contributed by atoms with Crippen LogP contribution in [0.3, 0.4) is 0 Å². The number of nitrogens with one attached hydrogen (secondary N) is 1. The molecule has 0 aromatic heterocycles. The fourth-order valence-corrected chi connectivity index (χ4v) is 5.49. The minimum absolute atomic E-state index is 0.181. The summed E-state index contributed by atoms with van der Waals surface area (Å²) >= 11 is 6.08. The molecule has 0 atom stereocenters. The van der Waals surface area contributed by atoms with Crippen LogP contribution in [-0.4, -0.2) is 46.2 Å². The van der Waals surface area contributed by atoms with Gasteiger partial charge < -0.3 is 15.2 Å². The van der Waals surface area contributed by atoms with E-state index in [1.807, 2.05) is 48.6 Å². The van der Waals surface area contributed by atoms with Gasteiger partial charge in [0.15, 0.2) is 6.61 Å². The van der Waals surface area contributed by atoms with E-state index in [1.165, 1.54) is 0 Å². The molecule has 0 unspecified atom stereocenters. The van der Waals surface area contributed by atoms with Crippen LogP contribution in [0.15, 0.2) is 39.7 Å². The predicted molar refractivity (Wildman–Crippen MR) is 137 cm³/mol. The molecular weight excluding hydrogens is 627 g/mol. The van der Waals surface area contributed by atoms with Gasteiger partial charge in [0.25, 0.3) is 11.1 Å². The number of hydrogen-bond donors (Lipinski definition) is 2. The van der Waals surface area contributed by atoms with Gasteiger partial charge in [-0.05, 0) is 111 Å². The Morgan fingerprint density at radius 1 is 1.21 bits per heavy atom. The standard InChI is InChI=1S/C22H18BrIN2O6S/c1-11-3-4-14(5-12(11)2)25-18(27)9-26-21(30)17(33-22(26)31)8-13-6-15(23)20(16(24)7-13)32-10-19(28)29/h3-8H,9-10H2,1-2H3,(H,25,27)(H,28,29)/b17-8+. The van der Waals surface area contributed by atoms with Crippen LogP contribution in [0.5, 0.6) is 5.75 Å². The fraction of sp³-hybridized carbons (Fsp3) is 0.182. The first-order chi connectivity index (χ1) is 15.5. The lowest BCUT2D eigenvalue weighted by molar-refractivity contribution is -0.139. The maximum absolute atomic E-state index is 12.8. The van der Waals surface area contributed by atoms with E-state index in [-0.39, 0.29) is 4.91 Å². The van der Waals surface area contributed by atoms with E-state index in [1.54, 1.807) is 24.3 Å². The summed E-state index contributed by atoms with van der Waals surface area (Å²) < 4.78 is 6.40. The number of carbonyl (C=O) groups is 4. The highest BCUT2D eigenvalue weighted by atomic mass is 127. The normalized spacial score (nSPS) is 14.7. The van der Waals surface area contributed by atoms with Gasteiger partial charge in [-0.2, -0.15) is 0 Å². The molecule has 33 heavy (non-hydrogen) atoms. The number of anilines is 1. The molecule has 3 rings (SSSR count). The fourth-order valence-electron chi connectivity index (χ4n) is 2.89. The minimum atomic E-state index is -1.10.